The third-order valence-corrected chi connectivity index (χ3v) is 13.9. The fraction of sp³-hybridized carbons (Fsp3) is 0.200. The maximum atomic E-state index is 6.43. The van der Waals surface area contributed by atoms with Gasteiger partial charge in [-0.25, -0.2) is 29.9 Å². The van der Waals surface area contributed by atoms with E-state index >= 15 is 0 Å². The maximum absolute atomic E-state index is 6.43. The number of aromatic nitrogens is 10. The van der Waals surface area contributed by atoms with E-state index in [0.717, 1.165) is 55.7 Å². The molecule has 0 saturated heterocycles. The van der Waals surface area contributed by atoms with Crippen molar-refractivity contribution in [3.8, 4) is 11.6 Å². The normalized spacial score (nSPS) is 15.9. The fourth-order valence-corrected chi connectivity index (χ4v) is 10.0. The van der Waals surface area contributed by atoms with Crippen LogP contribution in [0.4, 0.5) is 0 Å². The van der Waals surface area contributed by atoms with Crippen LogP contribution < -0.4 is 10.8 Å². The van der Waals surface area contributed by atoms with E-state index in [1.807, 2.05) is 52.0 Å². The second-order valence-electron chi connectivity index (χ2n) is 12.7. The van der Waals surface area contributed by atoms with Crippen LogP contribution in [-0.4, -0.2) is 65.2 Å². The molecule has 14 heteroatoms. The fourth-order valence-electron chi connectivity index (χ4n) is 6.09. The summed E-state index contributed by atoms with van der Waals surface area (Å²) in [6, 6.07) is 9.14. The molecule has 0 aliphatic carbocycles. The van der Waals surface area contributed by atoms with Gasteiger partial charge < -0.3 is 8.83 Å². The van der Waals surface area contributed by atoms with Crippen molar-refractivity contribution in [2.45, 2.75) is 38.3 Å². The molecule has 3 aliphatic heterocycles. The van der Waals surface area contributed by atoms with Crippen molar-refractivity contribution in [2.24, 2.45) is 0 Å². The van der Waals surface area contributed by atoms with Gasteiger partial charge in [-0.2, -0.15) is 0 Å². The van der Waals surface area contributed by atoms with Crippen LogP contribution in [0.1, 0.15) is 11.6 Å². The third-order valence-electron chi connectivity index (χ3n) is 8.49. The molecular weight excluding hydrogens is 589 g/mol. The molecule has 8 bridgehead atoms. The van der Waals surface area contributed by atoms with Crippen LogP contribution in [0.25, 0.3) is 55.9 Å². The van der Waals surface area contributed by atoms with E-state index in [1.54, 1.807) is 18.9 Å². The molecule has 6 aromatic heterocycles. The summed E-state index contributed by atoms with van der Waals surface area (Å²) in [4.78, 5) is 38.7. The predicted molar refractivity (Wildman–Crippen MR) is 170 cm³/mol. The van der Waals surface area contributed by atoms with E-state index in [2.05, 4.69) is 36.2 Å². The average molecular weight is 615 g/mol. The molecule has 12 nitrogen and oxygen atoms in total. The lowest BCUT2D eigenvalue weighted by Gasteiger charge is -2.21. The lowest BCUT2D eigenvalue weighted by Crippen LogP contribution is -2.46. The van der Waals surface area contributed by atoms with Gasteiger partial charge >= 0.3 is 0 Å². The highest BCUT2D eigenvalue weighted by Crippen LogP contribution is 2.30. The first-order valence-corrected chi connectivity index (χ1v) is 20.8. The van der Waals surface area contributed by atoms with Gasteiger partial charge in [0.1, 0.15) is 42.8 Å². The van der Waals surface area contributed by atoms with E-state index in [9.17, 15) is 0 Å². The van der Waals surface area contributed by atoms with Crippen molar-refractivity contribution >= 4 is 71.2 Å². The van der Waals surface area contributed by atoms with Gasteiger partial charge in [0.05, 0.1) is 35.3 Å². The molecule has 2 aromatic carbocycles. The Morgan fingerprint density at radius 1 is 0.614 bits per heavy atom. The molecule has 0 atom stereocenters. The standard InChI is InChI=1S/C30H26N10O2Si2/c1-43(2)13-17-9-32-22(10-31-17)39-15-35-18-5-7-20-26(28(18)39)37-24(41-20)14-44(3,4)30-38-27-21(42-30)8-6-19-29(27)40(16-36-19)23-11-34-25(43)12-33-23/h5-12,15-16H,13-14H2,1-4H3. The van der Waals surface area contributed by atoms with Crippen LogP contribution in [0.2, 0.25) is 26.2 Å². The minimum Gasteiger partial charge on any atom is -0.446 e. The Labute approximate surface area is 251 Å². The van der Waals surface area contributed by atoms with Gasteiger partial charge in [0.25, 0.3) is 0 Å². The molecule has 0 fully saturated rings. The molecule has 3 aliphatic rings. The lowest BCUT2D eigenvalue weighted by molar-refractivity contribution is 0.550. The average Bonchev–Trinajstić information content (AvgIpc) is 3.80. The first-order valence-electron chi connectivity index (χ1n) is 14.4. The second kappa shape index (κ2) is 8.73. The summed E-state index contributed by atoms with van der Waals surface area (Å²) in [5.74, 6) is 1.98. The zero-order valence-electron chi connectivity index (χ0n) is 24.5. The zero-order valence-corrected chi connectivity index (χ0v) is 26.5. The third kappa shape index (κ3) is 3.73. The first-order chi connectivity index (χ1) is 21.2. The SMILES string of the molecule is C[Si]1(C)Cc2cnc(cn2)-n2cnc3ccc4oc(nc4c32)C[Si](C)(C)c2nc3c(ccc4ncn(c43)-c3cnc1cn3)o2. The van der Waals surface area contributed by atoms with Crippen molar-refractivity contribution in [3.05, 3.63) is 73.3 Å². The molecule has 0 spiro atoms. The summed E-state index contributed by atoms with van der Waals surface area (Å²) in [6.45, 7) is 8.97. The summed E-state index contributed by atoms with van der Waals surface area (Å²) >= 11 is 0. The van der Waals surface area contributed by atoms with Crippen LogP contribution in [0, 0.1) is 0 Å². The van der Waals surface area contributed by atoms with Gasteiger partial charge in [0.2, 0.25) is 0 Å². The Morgan fingerprint density at radius 2 is 1.25 bits per heavy atom. The van der Waals surface area contributed by atoms with Crippen LogP contribution in [0.3, 0.4) is 0 Å². The molecule has 8 aromatic rings. The van der Waals surface area contributed by atoms with Crippen LogP contribution in [0.15, 0.2) is 70.5 Å². The molecule has 0 amide bonds. The zero-order chi connectivity index (χ0) is 29.8. The number of nitrogens with zero attached hydrogens (tertiary/aromatic N) is 10. The molecule has 216 valence electrons. The number of hydrogen-bond donors (Lipinski definition) is 0. The number of hydrogen-bond acceptors (Lipinski definition) is 10. The van der Waals surface area contributed by atoms with Gasteiger partial charge in [-0.3, -0.25) is 19.1 Å². The Balaban J connectivity index is 1.28. The number of oxazole rings is 2. The maximum Gasteiger partial charge on any atom is 0.193 e. The van der Waals surface area contributed by atoms with E-state index in [-0.39, 0.29) is 0 Å². The van der Waals surface area contributed by atoms with Crippen molar-refractivity contribution in [3.63, 3.8) is 0 Å². The summed E-state index contributed by atoms with van der Waals surface area (Å²) in [7, 11) is -4.37. The number of rotatable bonds is 0. The van der Waals surface area contributed by atoms with Crippen LogP contribution >= 0.6 is 0 Å². The van der Waals surface area contributed by atoms with Gasteiger partial charge in [-0.15, -0.1) is 0 Å². The molecule has 0 radical (unpaired) electrons. The minimum absolute atomic E-state index is 0.605. The van der Waals surface area contributed by atoms with Gasteiger partial charge in [0, 0.05) is 17.6 Å². The molecule has 0 N–H and O–H groups in total. The highest BCUT2D eigenvalue weighted by molar-refractivity contribution is 6.88. The summed E-state index contributed by atoms with van der Waals surface area (Å²) < 4.78 is 16.6. The second-order valence-corrected chi connectivity index (χ2v) is 21.8. The molecule has 0 unspecified atom stereocenters. The van der Waals surface area contributed by atoms with Crippen LogP contribution in [0.5, 0.6) is 0 Å². The van der Waals surface area contributed by atoms with E-state index in [1.165, 1.54) is 0 Å². The monoisotopic (exact) mass is 614 g/mol. The highest BCUT2D eigenvalue weighted by Gasteiger charge is 2.34. The quantitative estimate of drug-likeness (QED) is 0.231. The molecule has 0 saturated carbocycles. The lowest BCUT2D eigenvalue weighted by atomic mass is 10.3. The summed E-state index contributed by atoms with van der Waals surface area (Å²) in [6.07, 6.45) is 10.9. The minimum atomic E-state index is -2.31. The van der Waals surface area contributed by atoms with Gasteiger partial charge in [0.15, 0.2) is 42.3 Å². The Bertz CT molecular complexity index is 2400. The number of benzene rings is 2. The van der Waals surface area contributed by atoms with Crippen molar-refractivity contribution < 1.29 is 8.83 Å². The smallest absolute Gasteiger partial charge is 0.193 e. The molecule has 9 heterocycles. The molecule has 44 heavy (non-hydrogen) atoms. The summed E-state index contributed by atoms with van der Waals surface area (Å²) in [5.41, 5.74) is 7.83. The highest BCUT2D eigenvalue weighted by atomic mass is 28.3. The van der Waals surface area contributed by atoms with Crippen molar-refractivity contribution in [2.75, 3.05) is 0 Å². The number of fused-ring (bicyclic) bond motifs is 2. The first kappa shape index (κ1) is 25.4. The topological polar surface area (TPSA) is 139 Å². The Hall–Kier alpha value is -5.09. The predicted octanol–water partition coefficient (Wildman–Crippen LogP) is 3.93. The number of imidazole rings is 2. The van der Waals surface area contributed by atoms with Crippen molar-refractivity contribution in [1.29, 1.82) is 0 Å². The summed E-state index contributed by atoms with van der Waals surface area (Å²) in [5, 5.41) is 0.991. The molecular formula is C30H26N10O2Si2. The molecule has 11 rings (SSSR count). The van der Waals surface area contributed by atoms with Crippen molar-refractivity contribution in [1.82, 2.24) is 49.0 Å². The van der Waals surface area contributed by atoms with E-state index < -0.39 is 16.1 Å². The Kier molecular flexibility index (Phi) is 5.04. The van der Waals surface area contributed by atoms with E-state index in [4.69, 9.17) is 38.7 Å². The van der Waals surface area contributed by atoms with Gasteiger partial charge in [-0.1, -0.05) is 26.2 Å². The van der Waals surface area contributed by atoms with E-state index in [0.29, 0.717) is 34.7 Å². The van der Waals surface area contributed by atoms with Crippen LogP contribution in [-0.2, 0) is 12.1 Å². The van der Waals surface area contributed by atoms with Gasteiger partial charge in [-0.05, 0) is 30.3 Å². The Morgan fingerprint density at radius 3 is 1.89 bits per heavy atom. The largest absolute Gasteiger partial charge is 0.446 e.